The van der Waals surface area contributed by atoms with Crippen LogP contribution in [0.5, 0.6) is 11.5 Å². The van der Waals surface area contributed by atoms with E-state index in [1.165, 1.54) is 12.8 Å². The normalized spacial score (nSPS) is 19.1. The Morgan fingerprint density at radius 2 is 1.90 bits per heavy atom. The molecule has 7 nitrogen and oxygen atoms in total. The Balaban J connectivity index is 1.53. The zero-order valence-electron chi connectivity index (χ0n) is 18.8. The van der Waals surface area contributed by atoms with Gasteiger partial charge in [0.1, 0.15) is 0 Å². The van der Waals surface area contributed by atoms with Gasteiger partial charge in [-0.2, -0.15) is 0 Å². The Morgan fingerprint density at radius 1 is 1.13 bits per heavy atom. The zero-order valence-corrected chi connectivity index (χ0v) is 18.8. The van der Waals surface area contributed by atoms with Crippen LogP contribution in [0.15, 0.2) is 23.2 Å². The highest BCUT2D eigenvalue weighted by molar-refractivity contribution is 5.80. The summed E-state index contributed by atoms with van der Waals surface area (Å²) in [5.74, 6) is 2.49. The maximum atomic E-state index is 6.35. The van der Waals surface area contributed by atoms with Crippen LogP contribution < -0.4 is 20.1 Å². The van der Waals surface area contributed by atoms with Gasteiger partial charge >= 0.3 is 0 Å². The molecule has 0 bridgehead atoms. The van der Waals surface area contributed by atoms with Crippen molar-refractivity contribution < 1.29 is 14.2 Å². The highest BCUT2D eigenvalue weighted by atomic mass is 16.5. The number of para-hydroxylation sites is 1. The molecular weight excluding hydrogens is 380 g/mol. The molecule has 30 heavy (non-hydrogen) atoms. The molecule has 0 spiro atoms. The third-order valence-electron chi connectivity index (χ3n) is 6.08. The predicted octanol–water partition coefficient (Wildman–Crippen LogP) is 2.79. The molecule has 0 radical (unpaired) electrons. The molecule has 1 saturated heterocycles. The fourth-order valence-electron chi connectivity index (χ4n) is 4.26. The van der Waals surface area contributed by atoms with Gasteiger partial charge in [0.2, 0.25) is 0 Å². The van der Waals surface area contributed by atoms with Crippen LogP contribution in [0.3, 0.4) is 0 Å². The molecule has 0 unspecified atom stereocenters. The minimum Gasteiger partial charge on any atom is -0.493 e. The number of piperidine rings is 1. The molecule has 1 saturated carbocycles. The fourth-order valence-corrected chi connectivity index (χ4v) is 4.26. The standard InChI is InChI=1S/C23H38N4O3/c1-24-23(26-19-11-13-27(14-12-19)15-16-28-2)25-17-18-7-6-10-21(29-3)22(18)30-20-8-4-5-9-20/h6-7,10,19-20H,4-5,8-9,11-17H2,1-3H3,(H2,24,25,26). The summed E-state index contributed by atoms with van der Waals surface area (Å²) >= 11 is 0. The number of aliphatic imine (C=N–C) groups is 1. The molecule has 2 fully saturated rings. The van der Waals surface area contributed by atoms with Crippen molar-refractivity contribution in [2.45, 2.75) is 57.2 Å². The SMILES string of the molecule is CN=C(NCc1cccc(OC)c1OC1CCCC1)NC1CCN(CCOC)CC1. The Morgan fingerprint density at radius 3 is 2.57 bits per heavy atom. The first-order valence-corrected chi connectivity index (χ1v) is 11.2. The van der Waals surface area contributed by atoms with Crippen molar-refractivity contribution in [1.29, 1.82) is 0 Å². The van der Waals surface area contributed by atoms with E-state index in [1.54, 1.807) is 14.2 Å². The maximum Gasteiger partial charge on any atom is 0.191 e. The lowest BCUT2D eigenvalue weighted by Crippen LogP contribution is -2.48. The molecule has 2 N–H and O–H groups in total. The van der Waals surface area contributed by atoms with Crippen LogP contribution in [-0.4, -0.2) is 70.5 Å². The molecule has 168 valence electrons. The summed E-state index contributed by atoms with van der Waals surface area (Å²) in [6.45, 7) is 4.63. The first-order chi connectivity index (χ1) is 14.7. The van der Waals surface area contributed by atoms with Crippen LogP contribution in [0.2, 0.25) is 0 Å². The van der Waals surface area contributed by atoms with Crippen molar-refractivity contribution in [3.05, 3.63) is 23.8 Å². The number of hydrogen-bond donors (Lipinski definition) is 2. The molecule has 1 aromatic rings. The molecule has 7 heteroatoms. The molecule has 1 aliphatic carbocycles. The number of likely N-dealkylation sites (tertiary alicyclic amines) is 1. The van der Waals surface area contributed by atoms with E-state index in [-0.39, 0.29) is 0 Å². The molecule has 3 rings (SSSR count). The summed E-state index contributed by atoms with van der Waals surface area (Å²) in [5, 5.41) is 7.05. The van der Waals surface area contributed by atoms with Crippen molar-refractivity contribution in [3.8, 4) is 11.5 Å². The van der Waals surface area contributed by atoms with E-state index in [2.05, 4.69) is 26.6 Å². The Labute approximate surface area is 181 Å². The Bertz CT molecular complexity index is 668. The van der Waals surface area contributed by atoms with Gasteiger partial charge in [0.05, 0.1) is 19.8 Å². The van der Waals surface area contributed by atoms with Gasteiger partial charge in [-0.3, -0.25) is 4.99 Å². The number of guanidine groups is 1. The maximum absolute atomic E-state index is 6.35. The third-order valence-corrected chi connectivity index (χ3v) is 6.08. The number of methoxy groups -OCH3 is 2. The average molecular weight is 419 g/mol. The van der Waals surface area contributed by atoms with Crippen LogP contribution in [0, 0.1) is 0 Å². The molecule has 1 heterocycles. The molecule has 0 aromatic heterocycles. The number of rotatable bonds is 9. The van der Waals surface area contributed by atoms with E-state index in [4.69, 9.17) is 14.2 Å². The van der Waals surface area contributed by atoms with Gasteiger partial charge in [-0.15, -0.1) is 0 Å². The highest BCUT2D eigenvalue weighted by Crippen LogP contribution is 2.34. The van der Waals surface area contributed by atoms with Crippen molar-refractivity contribution in [1.82, 2.24) is 15.5 Å². The van der Waals surface area contributed by atoms with Gasteiger partial charge in [0, 0.05) is 51.9 Å². The predicted molar refractivity (Wildman–Crippen MR) is 121 cm³/mol. The van der Waals surface area contributed by atoms with Crippen molar-refractivity contribution in [2.75, 3.05) is 47.5 Å². The number of nitrogens with one attached hydrogen (secondary N) is 2. The van der Waals surface area contributed by atoms with E-state index >= 15 is 0 Å². The Hall–Kier alpha value is -1.99. The summed E-state index contributed by atoms with van der Waals surface area (Å²) in [4.78, 5) is 6.89. The summed E-state index contributed by atoms with van der Waals surface area (Å²) in [6.07, 6.45) is 7.25. The van der Waals surface area contributed by atoms with E-state index in [1.807, 2.05) is 19.2 Å². The number of hydrogen-bond acceptors (Lipinski definition) is 5. The smallest absolute Gasteiger partial charge is 0.191 e. The van der Waals surface area contributed by atoms with Crippen LogP contribution in [0.25, 0.3) is 0 Å². The molecule has 1 aliphatic heterocycles. The quantitative estimate of drug-likeness (QED) is 0.475. The second-order valence-electron chi connectivity index (χ2n) is 8.15. The summed E-state index contributed by atoms with van der Waals surface area (Å²) in [6, 6.07) is 6.53. The van der Waals surface area contributed by atoms with E-state index in [0.717, 1.165) is 74.9 Å². The van der Waals surface area contributed by atoms with Crippen LogP contribution in [0.1, 0.15) is 44.1 Å². The van der Waals surface area contributed by atoms with Gasteiger partial charge in [-0.1, -0.05) is 12.1 Å². The van der Waals surface area contributed by atoms with Gasteiger partial charge in [-0.25, -0.2) is 0 Å². The largest absolute Gasteiger partial charge is 0.493 e. The minimum absolute atomic E-state index is 0.292. The van der Waals surface area contributed by atoms with Crippen LogP contribution >= 0.6 is 0 Å². The van der Waals surface area contributed by atoms with Gasteiger partial charge in [-0.05, 0) is 44.6 Å². The first-order valence-electron chi connectivity index (χ1n) is 11.2. The second-order valence-corrected chi connectivity index (χ2v) is 8.15. The molecule has 2 aliphatic rings. The molecule has 1 aromatic carbocycles. The lowest BCUT2D eigenvalue weighted by atomic mass is 10.1. The van der Waals surface area contributed by atoms with Crippen molar-refractivity contribution in [3.63, 3.8) is 0 Å². The van der Waals surface area contributed by atoms with E-state index < -0.39 is 0 Å². The average Bonchev–Trinajstić information content (AvgIpc) is 3.30. The molecular formula is C23H38N4O3. The second kappa shape index (κ2) is 12.0. The third kappa shape index (κ3) is 6.51. The van der Waals surface area contributed by atoms with Gasteiger partial charge in [0.25, 0.3) is 0 Å². The van der Waals surface area contributed by atoms with Crippen LogP contribution in [-0.2, 0) is 11.3 Å². The van der Waals surface area contributed by atoms with E-state index in [9.17, 15) is 0 Å². The van der Waals surface area contributed by atoms with Crippen molar-refractivity contribution >= 4 is 5.96 Å². The Kier molecular flexibility index (Phi) is 9.08. The van der Waals surface area contributed by atoms with Crippen molar-refractivity contribution in [2.24, 2.45) is 4.99 Å². The summed E-state index contributed by atoms with van der Waals surface area (Å²) in [5.41, 5.74) is 1.10. The molecule has 0 amide bonds. The topological polar surface area (TPSA) is 67.4 Å². The minimum atomic E-state index is 0.292. The van der Waals surface area contributed by atoms with Gasteiger partial charge in [0.15, 0.2) is 17.5 Å². The van der Waals surface area contributed by atoms with E-state index in [0.29, 0.717) is 18.7 Å². The number of nitrogens with zero attached hydrogens (tertiary/aromatic N) is 2. The fraction of sp³-hybridized carbons (Fsp3) is 0.696. The number of ether oxygens (including phenoxy) is 3. The summed E-state index contributed by atoms with van der Waals surface area (Å²) < 4.78 is 17.1. The highest BCUT2D eigenvalue weighted by Gasteiger charge is 2.22. The summed E-state index contributed by atoms with van der Waals surface area (Å²) in [7, 11) is 5.29. The number of benzene rings is 1. The monoisotopic (exact) mass is 418 g/mol. The zero-order chi connectivity index (χ0) is 21.2. The lowest BCUT2D eigenvalue weighted by molar-refractivity contribution is 0.128. The lowest BCUT2D eigenvalue weighted by Gasteiger charge is -2.32. The van der Waals surface area contributed by atoms with Crippen LogP contribution in [0.4, 0.5) is 0 Å². The van der Waals surface area contributed by atoms with Gasteiger partial charge < -0.3 is 29.7 Å². The first kappa shape index (κ1) is 22.7. The molecule has 0 atom stereocenters.